The minimum absolute atomic E-state index is 0.106. The molecular formula is C32H38F4O2. The number of halogens is 4. The summed E-state index contributed by atoms with van der Waals surface area (Å²) in [5.74, 6) is -3.63. The summed E-state index contributed by atoms with van der Waals surface area (Å²) in [5.41, 5.74) is 1.64. The molecule has 0 heterocycles. The van der Waals surface area contributed by atoms with Crippen molar-refractivity contribution in [3.63, 3.8) is 0 Å². The van der Waals surface area contributed by atoms with Gasteiger partial charge in [-0.25, -0.2) is 13.2 Å². The minimum atomic E-state index is -0.984. The number of rotatable bonds is 10. The van der Waals surface area contributed by atoms with Crippen molar-refractivity contribution in [2.75, 3.05) is 6.61 Å². The van der Waals surface area contributed by atoms with Crippen LogP contribution in [0.4, 0.5) is 17.6 Å². The van der Waals surface area contributed by atoms with Gasteiger partial charge in [0.1, 0.15) is 5.83 Å². The first kappa shape index (κ1) is 28.4. The Morgan fingerprint density at radius 3 is 2.45 bits per heavy atom. The first-order chi connectivity index (χ1) is 18.3. The molecule has 3 atom stereocenters. The van der Waals surface area contributed by atoms with Gasteiger partial charge in [0.25, 0.3) is 0 Å². The summed E-state index contributed by atoms with van der Waals surface area (Å²) < 4.78 is 64.4. The van der Waals surface area contributed by atoms with Gasteiger partial charge in [-0.2, -0.15) is 4.39 Å². The lowest BCUT2D eigenvalue weighted by molar-refractivity contribution is 0.0783. The zero-order valence-corrected chi connectivity index (χ0v) is 22.1. The summed E-state index contributed by atoms with van der Waals surface area (Å²) in [5, 5.41) is 9.82. The molecule has 3 unspecified atom stereocenters. The van der Waals surface area contributed by atoms with Crippen LogP contribution in [0.1, 0.15) is 63.9 Å². The number of aliphatic hydroxyl groups is 1. The summed E-state index contributed by atoms with van der Waals surface area (Å²) >= 11 is 0. The quantitative estimate of drug-likeness (QED) is 0.186. The zero-order chi connectivity index (χ0) is 27.2. The van der Waals surface area contributed by atoms with Crippen molar-refractivity contribution in [2.24, 2.45) is 23.7 Å². The molecule has 0 spiro atoms. The highest BCUT2D eigenvalue weighted by molar-refractivity contribution is 5.40. The molecule has 3 aliphatic carbocycles. The molecule has 0 aromatic heterocycles. The Labute approximate surface area is 223 Å². The van der Waals surface area contributed by atoms with Crippen LogP contribution in [0.25, 0.3) is 0 Å². The van der Waals surface area contributed by atoms with Crippen LogP contribution in [-0.4, -0.2) is 17.8 Å². The smallest absolute Gasteiger partial charge is 0.200 e. The Hall–Kier alpha value is -2.60. The van der Waals surface area contributed by atoms with E-state index in [1.165, 1.54) is 6.07 Å². The first-order valence-corrected chi connectivity index (χ1v) is 13.8. The number of hydrogen-bond donors (Lipinski definition) is 1. The Kier molecular flexibility index (Phi) is 9.69. The molecule has 0 aliphatic heterocycles. The second kappa shape index (κ2) is 13.0. The Morgan fingerprint density at radius 1 is 1.03 bits per heavy atom. The molecule has 1 aromatic carbocycles. The predicted molar refractivity (Wildman–Crippen MR) is 143 cm³/mol. The third-order valence-corrected chi connectivity index (χ3v) is 8.41. The average Bonchev–Trinajstić information content (AvgIpc) is 2.92. The molecule has 4 rings (SSSR count). The van der Waals surface area contributed by atoms with E-state index in [0.717, 1.165) is 31.3 Å². The maximum absolute atomic E-state index is 15.2. The van der Waals surface area contributed by atoms with E-state index >= 15 is 8.78 Å². The summed E-state index contributed by atoms with van der Waals surface area (Å²) in [6.45, 7) is 5.61. The number of benzene rings is 1. The number of allylic oxidation sites excluding steroid dienone is 8. The first-order valence-electron chi connectivity index (χ1n) is 13.8. The fraction of sp³-hybridized carbons (Fsp3) is 0.500. The third-order valence-electron chi connectivity index (χ3n) is 8.41. The fourth-order valence-electron chi connectivity index (χ4n) is 5.98. The summed E-state index contributed by atoms with van der Waals surface area (Å²) in [7, 11) is 0. The van der Waals surface area contributed by atoms with Crippen LogP contribution < -0.4 is 4.74 Å². The van der Waals surface area contributed by atoms with Crippen molar-refractivity contribution in [2.45, 2.75) is 70.8 Å². The largest absolute Gasteiger partial charge is 0.490 e. The molecule has 6 heteroatoms. The Bertz CT molecular complexity index is 1120. The number of hydrogen-bond acceptors (Lipinski definition) is 2. The molecule has 0 bridgehead atoms. The fourth-order valence-corrected chi connectivity index (χ4v) is 5.98. The van der Waals surface area contributed by atoms with Crippen LogP contribution in [0, 0.1) is 35.3 Å². The van der Waals surface area contributed by atoms with Gasteiger partial charge in [-0.05, 0) is 93.7 Å². The summed E-state index contributed by atoms with van der Waals surface area (Å²) in [6, 6.07) is 2.99. The van der Waals surface area contributed by atoms with Crippen molar-refractivity contribution in [1.29, 1.82) is 0 Å². The summed E-state index contributed by atoms with van der Waals surface area (Å²) in [6.07, 6.45) is 14.6. The van der Waals surface area contributed by atoms with E-state index in [1.807, 2.05) is 24.3 Å². The van der Waals surface area contributed by atoms with Crippen LogP contribution in [0.5, 0.6) is 5.75 Å². The Balaban J connectivity index is 1.31. The molecule has 0 saturated heterocycles. The SMILES string of the molecule is C=CCCOc1ccc(CCC2=CCC(C3=CCC(C4CCC(C(C)O)CC4)C(F)=C3F)C=C2)c(F)c1F. The number of aliphatic hydroxyl groups excluding tert-OH is 1. The van der Waals surface area contributed by atoms with Gasteiger partial charge < -0.3 is 9.84 Å². The lowest BCUT2D eigenvalue weighted by Gasteiger charge is -2.36. The average molecular weight is 531 g/mol. The molecule has 1 saturated carbocycles. The molecule has 1 fully saturated rings. The van der Waals surface area contributed by atoms with Crippen molar-refractivity contribution >= 4 is 0 Å². The van der Waals surface area contributed by atoms with E-state index in [1.54, 1.807) is 19.1 Å². The van der Waals surface area contributed by atoms with E-state index < -0.39 is 29.2 Å². The zero-order valence-electron chi connectivity index (χ0n) is 22.1. The van der Waals surface area contributed by atoms with Crippen molar-refractivity contribution in [3.05, 3.63) is 89.1 Å². The van der Waals surface area contributed by atoms with Crippen LogP contribution >= 0.6 is 0 Å². The van der Waals surface area contributed by atoms with Gasteiger partial charge >= 0.3 is 0 Å². The summed E-state index contributed by atoms with van der Waals surface area (Å²) in [4.78, 5) is 0. The molecule has 1 aromatic rings. The van der Waals surface area contributed by atoms with Crippen LogP contribution in [-0.2, 0) is 6.42 Å². The minimum Gasteiger partial charge on any atom is -0.490 e. The van der Waals surface area contributed by atoms with Crippen molar-refractivity contribution in [3.8, 4) is 5.75 Å². The molecule has 0 radical (unpaired) electrons. The molecule has 38 heavy (non-hydrogen) atoms. The topological polar surface area (TPSA) is 29.5 Å². The molecule has 2 nitrogen and oxygen atoms in total. The lowest BCUT2D eigenvalue weighted by Crippen LogP contribution is -2.28. The van der Waals surface area contributed by atoms with Gasteiger partial charge in [0, 0.05) is 11.8 Å². The van der Waals surface area contributed by atoms with Gasteiger partial charge in [0.05, 0.1) is 12.7 Å². The van der Waals surface area contributed by atoms with Crippen molar-refractivity contribution in [1.82, 2.24) is 0 Å². The number of ether oxygens (including phenoxy) is 1. The highest BCUT2D eigenvalue weighted by Gasteiger charge is 2.36. The highest BCUT2D eigenvalue weighted by atomic mass is 19.2. The van der Waals surface area contributed by atoms with E-state index in [4.69, 9.17) is 4.74 Å². The normalized spacial score (nSPS) is 26.6. The van der Waals surface area contributed by atoms with Gasteiger partial charge in [0.15, 0.2) is 17.4 Å². The van der Waals surface area contributed by atoms with E-state index in [2.05, 4.69) is 6.58 Å². The van der Waals surface area contributed by atoms with E-state index in [0.29, 0.717) is 37.7 Å². The second-order valence-corrected chi connectivity index (χ2v) is 10.8. The van der Waals surface area contributed by atoms with Crippen LogP contribution in [0.2, 0.25) is 0 Å². The third kappa shape index (κ3) is 6.51. The number of aryl methyl sites for hydroxylation is 1. The molecule has 3 aliphatic rings. The molecule has 206 valence electrons. The van der Waals surface area contributed by atoms with E-state index in [9.17, 15) is 13.9 Å². The standard InChI is InChI=1S/C32H38F4O2/c1-3-4-19-38-28-18-15-25(29(33)32(28)36)10-7-21-5-8-23(9-6-21)26-16-17-27(31(35)30(26)34)24-13-11-22(12-14-24)20(2)37/h3,5-6,8,15-16,18,20,22-24,27,37H,1,4,7,9-14,17,19H2,2H3. The van der Waals surface area contributed by atoms with Crippen molar-refractivity contribution < 1.29 is 27.4 Å². The maximum Gasteiger partial charge on any atom is 0.200 e. The second-order valence-electron chi connectivity index (χ2n) is 10.8. The highest BCUT2D eigenvalue weighted by Crippen LogP contribution is 2.45. The molecular weight excluding hydrogens is 492 g/mol. The van der Waals surface area contributed by atoms with E-state index in [-0.39, 0.29) is 41.8 Å². The van der Waals surface area contributed by atoms with Gasteiger partial charge in [-0.1, -0.05) is 42.0 Å². The molecule has 1 N–H and O–H groups in total. The predicted octanol–water partition coefficient (Wildman–Crippen LogP) is 8.64. The monoisotopic (exact) mass is 530 g/mol. The van der Waals surface area contributed by atoms with Gasteiger partial charge in [-0.15, -0.1) is 6.58 Å². The molecule has 0 amide bonds. The lowest BCUT2D eigenvalue weighted by atomic mass is 9.71. The van der Waals surface area contributed by atoms with Gasteiger partial charge in [0.2, 0.25) is 5.82 Å². The maximum atomic E-state index is 15.2. The Morgan fingerprint density at radius 2 is 1.79 bits per heavy atom. The van der Waals surface area contributed by atoms with Crippen LogP contribution in [0.15, 0.2) is 71.9 Å². The van der Waals surface area contributed by atoms with Gasteiger partial charge in [-0.3, -0.25) is 0 Å². The van der Waals surface area contributed by atoms with Crippen LogP contribution in [0.3, 0.4) is 0 Å².